The molecule has 8 rings (SSSR count). The van der Waals surface area contributed by atoms with E-state index >= 15 is 0 Å². The third-order valence-electron chi connectivity index (χ3n) is 11.8. The highest BCUT2D eigenvalue weighted by Gasteiger charge is 2.56. The molecule has 0 aliphatic carbocycles. The van der Waals surface area contributed by atoms with Crippen LogP contribution in [0.2, 0.25) is 0 Å². The van der Waals surface area contributed by atoms with Gasteiger partial charge in [0.25, 0.3) is 23.6 Å². The van der Waals surface area contributed by atoms with E-state index in [1.807, 2.05) is 0 Å². The Bertz CT molecular complexity index is 2200. The molecule has 0 aromatic carbocycles. The van der Waals surface area contributed by atoms with E-state index in [4.69, 9.17) is 21.1 Å². The second-order valence-electron chi connectivity index (χ2n) is 16.5. The first-order valence-electron chi connectivity index (χ1n) is 20.2. The van der Waals surface area contributed by atoms with Gasteiger partial charge >= 0.3 is 11.9 Å². The van der Waals surface area contributed by atoms with Gasteiger partial charge in [-0.2, -0.15) is 0 Å². The van der Waals surface area contributed by atoms with Gasteiger partial charge in [-0.1, -0.05) is 10.3 Å². The van der Waals surface area contributed by atoms with Gasteiger partial charge in [-0.15, -0.1) is 46.2 Å². The van der Waals surface area contributed by atoms with Crippen molar-refractivity contribution in [3.8, 4) is 0 Å². The van der Waals surface area contributed by atoms with Crippen molar-refractivity contribution < 1.29 is 75.5 Å². The molecular formula is C38H52ClN12O11S4+. The van der Waals surface area contributed by atoms with Gasteiger partial charge in [-0.25, -0.2) is 19.6 Å². The Morgan fingerprint density at radius 1 is 0.727 bits per heavy atom. The second kappa shape index (κ2) is 21.3. The van der Waals surface area contributed by atoms with Crippen molar-refractivity contribution in [1.29, 1.82) is 0 Å². The van der Waals surface area contributed by atoms with Crippen LogP contribution in [0.5, 0.6) is 0 Å². The fourth-order valence-corrected chi connectivity index (χ4v) is 12.6. The molecule has 0 unspecified atom stereocenters. The molecule has 23 nitrogen and oxygen atoms in total. The number of thiazole rings is 2. The number of carboxylic acid groups (broad SMARTS) is 2. The number of nitrogens with two attached hydrogens (primary N) is 2. The largest absolute Gasteiger partial charge is 1.00 e. The van der Waals surface area contributed by atoms with Gasteiger partial charge in [0, 0.05) is 59.1 Å². The Labute approximate surface area is 401 Å². The Balaban J connectivity index is 0.000000240. The predicted molar refractivity (Wildman–Crippen MR) is 243 cm³/mol. The normalized spacial score (nSPS) is 24.0. The van der Waals surface area contributed by atoms with Crippen molar-refractivity contribution in [1.82, 2.24) is 30.4 Å². The van der Waals surface area contributed by atoms with Crippen LogP contribution in [-0.4, -0.2) is 193 Å². The quantitative estimate of drug-likeness (QED) is 0.0459. The van der Waals surface area contributed by atoms with Gasteiger partial charge in [-0.05, 0) is 0 Å². The van der Waals surface area contributed by atoms with Crippen molar-refractivity contribution >= 4 is 103 Å². The van der Waals surface area contributed by atoms with Crippen LogP contribution < -0.4 is 34.5 Å². The molecule has 6 aliphatic heterocycles. The summed E-state index contributed by atoms with van der Waals surface area (Å²) in [5.74, 6) is -3.43. The van der Waals surface area contributed by atoms with Crippen LogP contribution in [0, 0.1) is 0 Å². The van der Waals surface area contributed by atoms with Gasteiger partial charge in [0.05, 0.1) is 40.3 Å². The summed E-state index contributed by atoms with van der Waals surface area (Å²) in [5, 5.41) is 35.2. The van der Waals surface area contributed by atoms with Gasteiger partial charge in [0.15, 0.2) is 21.7 Å². The number of nitrogen functional groups attached to an aromatic ring is 2. The van der Waals surface area contributed by atoms with Crippen LogP contribution in [0.25, 0.3) is 0 Å². The number of hydrogen-bond acceptors (Lipinski definition) is 18. The lowest BCUT2D eigenvalue weighted by atomic mass is 10.0. The lowest BCUT2D eigenvalue weighted by Crippen LogP contribution is -3.00. The highest BCUT2D eigenvalue weighted by Crippen LogP contribution is 2.43. The van der Waals surface area contributed by atoms with E-state index in [1.165, 1.54) is 47.5 Å². The Morgan fingerprint density at radius 3 is 1.36 bits per heavy atom. The van der Waals surface area contributed by atoms with E-state index in [-0.39, 0.29) is 62.4 Å². The number of nitrogens with one attached hydrogen (secondary N) is 2. The molecule has 10 N–H and O–H groups in total. The molecule has 4 amide bonds. The number of nitrogens with zero attached hydrogens (tertiary/aromatic N) is 8. The van der Waals surface area contributed by atoms with Gasteiger partial charge in [0.1, 0.15) is 72.9 Å². The number of carbonyl (C=O) groups excluding carboxylic acids is 4. The number of rotatable bonds is 14. The molecule has 4 fully saturated rings. The second-order valence-corrected chi connectivity index (χ2v) is 20.5. The van der Waals surface area contributed by atoms with Crippen molar-refractivity contribution in [3.05, 3.63) is 44.7 Å². The fourth-order valence-electron chi connectivity index (χ4n) is 8.85. The number of oxime groups is 2. The lowest BCUT2D eigenvalue weighted by Gasteiger charge is -2.49. The number of quaternary nitrogens is 2. The van der Waals surface area contributed by atoms with E-state index < -0.39 is 58.4 Å². The smallest absolute Gasteiger partial charge is 0.352 e. The number of carbonyl (C=O) groups is 6. The van der Waals surface area contributed by atoms with Crippen molar-refractivity contribution in [2.75, 3.05) is 90.6 Å². The SMILES string of the molecule is CO/N=C(\C(=O)N[C@@H]1C(=O)N2C(C(=O)O)=C(C[N+]3(C)CCCC3)CS[C@H]12)c1csc(N)n1.CO/N=C(\C(=O)N[C@@H]1C(=O)N2C(C(=O)O)=C(C[N+]3(C)CCCC3)CS[C@H]12)c1csc(N)n1.O.[Cl-]. The molecule has 0 saturated carbocycles. The molecule has 0 spiro atoms. The molecule has 6 aliphatic rings. The highest BCUT2D eigenvalue weighted by molar-refractivity contribution is 8.00. The van der Waals surface area contributed by atoms with Gasteiger partial charge < -0.3 is 68.8 Å². The van der Waals surface area contributed by atoms with E-state index in [0.717, 1.165) is 94.6 Å². The molecule has 4 atom stereocenters. The molecule has 2 aromatic heterocycles. The van der Waals surface area contributed by atoms with Crippen LogP contribution >= 0.6 is 46.2 Å². The minimum absolute atomic E-state index is 0. The van der Waals surface area contributed by atoms with Crippen molar-refractivity contribution in [2.45, 2.75) is 48.5 Å². The minimum Gasteiger partial charge on any atom is -1.00 e. The van der Waals surface area contributed by atoms with E-state index in [1.54, 1.807) is 10.8 Å². The highest BCUT2D eigenvalue weighted by atomic mass is 35.5. The first kappa shape index (κ1) is 51.9. The minimum atomic E-state index is -1.12. The summed E-state index contributed by atoms with van der Waals surface area (Å²) >= 11 is 5.21. The fraction of sp³-hybridized carbons (Fsp3) is 0.526. The number of carboxylic acids is 2. The zero-order valence-electron chi connectivity index (χ0n) is 36.4. The summed E-state index contributed by atoms with van der Waals surface area (Å²) in [6.07, 6.45) is 4.48. The van der Waals surface area contributed by atoms with Crippen LogP contribution in [0.3, 0.4) is 0 Å². The molecule has 0 bridgehead atoms. The first-order valence-corrected chi connectivity index (χ1v) is 24.1. The third-order valence-corrected chi connectivity index (χ3v) is 15.9. The van der Waals surface area contributed by atoms with Gasteiger partial charge in [0.2, 0.25) is 0 Å². The molecular weight excluding hydrogens is 964 g/mol. The van der Waals surface area contributed by atoms with Crippen molar-refractivity contribution in [3.63, 3.8) is 0 Å². The molecule has 4 saturated heterocycles. The number of aliphatic carboxylic acids is 2. The summed E-state index contributed by atoms with van der Waals surface area (Å²) < 4.78 is 1.57. The van der Waals surface area contributed by atoms with Crippen molar-refractivity contribution in [2.24, 2.45) is 10.3 Å². The van der Waals surface area contributed by atoms with E-state index in [9.17, 15) is 39.0 Å². The van der Waals surface area contributed by atoms with Crippen LogP contribution in [0.15, 0.2) is 43.6 Å². The lowest BCUT2D eigenvalue weighted by molar-refractivity contribution is -0.893. The topological polar surface area (TPSA) is 326 Å². The molecule has 2 aromatic rings. The zero-order chi connectivity index (χ0) is 46.1. The number of aromatic nitrogens is 2. The molecule has 360 valence electrons. The summed E-state index contributed by atoms with van der Waals surface area (Å²) in [4.78, 5) is 95.8. The number of hydrogen-bond donors (Lipinski definition) is 6. The maximum absolute atomic E-state index is 12.9. The number of likely N-dealkylation sites (tertiary alicyclic amines) is 2. The number of fused-ring (bicyclic) bond motifs is 2. The number of amides is 4. The molecule has 8 heterocycles. The number of thioether (sulfide) groups is 2. The Morgan fingerprint density at radius 2 is 1.08 bits per heavy atom. The summed E-state index contributed by atoms with van der Waals surface area (Å²) in [6.45, 7) is 5.22. The maximum atomic E-state index is 12.9. The summed E-state index contributed by atoms with van der Waals surface area (Å²) in [6, 6.07) is -1.73. The summed E-state index contributed by atoms with van der Waals surface area (Å²) in [5.41, 5.74) is 13.2. The van der Waals surface area contributed by atoms with E-state index in [0.29, 0.717) is 24.6 Å². The average Bonchev–Trinajstić information content (AvgIpc) is 4.09. The number of β-lactam (4-membered cyclic amide) rings is 2. The maximum Gasteiger partial charge on any atom is 0.352 e. The van der Waals surface area contributed by atoms with Crippen LogP contribution in [-0.2, 0) is 38.4 Å². The van der Waals surface area contributed by atoms with Gasteiger partial charge in [-0.3, -0.25) is 29.0 Å². The third kappa shape index (κ3) is 10.6. The predicted octanol–water partition coefficient (Wildman–Crippen LogP) is -3.71. The first-order chi connectivity index (χ1) is 30.5. The van der Waals surface area contributed by atoms with Crippen LogP contribution in [0.4, 0.5) is 10.3 Å². The standard InChI is InChI=1S/2C19H24N6O5S2.ClH.H2O/c2*1-25(5-3-4-6-25)7-10-8-31-17-13(16(27)24(17)14(10)18(28)29)22-15(26)12(23-30-2)11-9-32-19(20)21-11;;/h2*9,13,17H,3-8H2,1-2H3,(H3-,20,21,22,26,28,29);1H;1H2/p+1/b2*23-12-;;/t2*13-,17-;;/m11../s1. The Kier molecular flexibility index (Phi) is 16.8. The van der Waals surface area contributed by atoms with E-state index in [2.05, 4.69) is 45.0 Å². The average molecular weight is 1020 g/mol. The van der Waals surface area contributed by atoms with Crippen LogP contribution in [0.1, 0.15) is 37.1 Å². The number of halogens is 1. The monoisotopic (exact) mass is 1020 g/mol. The molecule has 28 heteroatoms. The number of anilines is 2. The summed E-state index contributed by atoms with van der Waals surface area (Å²) in [7, 11) is 6.84. The Hall–Kier alpha value is -5.03. The zero-order valence-corrected chi connectivity index (χ0v) is 40.4. The number of likely N-dealkylation sites (N-methyl/N-ethyl adjacent to an activating group) is 2. The molecule has 66 heavy (non-hydrogen) atoms. The molecule has 0 radical (unpaired) electrons.